The van der Waals surface area contributed by atoms with E-state index in [9.17, 15) is 4.79 Å². The highest BCUT2D eigenvalue weighted by Gasteiger charge is 2.07. The maximum atomic E-state index is 12.0. The van der Waals surface area contributed by atoms with Crippen molar-refractivity contribution in [3.63, 3.8) is 0 Å². The van der Waals surface area contributed by atoms with Gasteiger partial charge in [0.2, 0.25) is 5.91 Å². The molecule has 3 aromatic rings. The molecule has 1 N–H and O–H groups in total. The van der Waals surface area contributed by atoms with Crippen LogP contribution in [0.1, 0.15) is 10.6 Å². The minimum Gasteiger partial charge on any atom is -0.355 e. The number of amides is 1. The Balaban J connectivity index is 1.53. The first-order valence-corrected chi connectivity index (χ1v) is 7.73. The van der Waals surface area contributed by atoms with Crippen LogP contribution in [0.25, 0.3) is 10.1 Å². The lowest BCUT2D eigenvalue weighted by atomic mass is 10.2. The Morgan fingerprint density at radius 2 is 2.24 bits per heavy atom. The maximum Gasteiger partial charge on any atom is 0.225 e. The lowest BCUT2D eigenvalue weighted by Crippen LogP contribution is -2.27. The topological polar surface area (TPSA) is 46.9 Å². The van der Waals surface area contributed by atoms with Gasteiger partial charge in [0.1, 0.15) is 0 Å². The molecule has 0 aliphatic heterocycles. The Kier molecular flexibility index (Phi) is 4.01. The van der Waals surface area contributed by atoms with E-state index in [1.165, 1.54) is 10.1 Å². The van der Waals surface area contributed by atoms with Gasteiger partial charge in [0.25, 0.3) is 0 Å². The van der Waals surface area contributed by atoms with Crippen LogP contribution in [-0.4, -0.2) is 22.0 Å². The summed E-state index contributed by atoms with van der Waals surface area (Å²) in [7, 11) is 1.96. The second-order valence-electron chi connectivity index (χ2n) is 5.02. The van der Waals surface area contributed by atoms with Crippen molar-refractivity contribution < 1.29 is 4.79 Å². The Morgan fingerprint density at radius 3 is 3.00 bits per heavy atom. The number of thiophene rings is 1. The third kappa shape index (κ3) is 3.31. The quantitative estimate of drug-likeness (QED) is 0.787. The predicted octanol–water partition coefficient (Wildman–Crippen LogP) is 2.54. The van der Waals surface area contributed by atoms with Gasteiger partial charge in [-0.3, -0.25) is 4.79 Å². The number of rotatable bonds is 5. The SMILES string of the molecule is Cn1cncc1CCNC(=O)Cc1cc2ccccc2s1. The van der Waals surface area contributed by atoms with Crippen molar-refractivity contribution in [2.75, 3.05) is 6.54 Å². The van der Waals surface area contributed by atoms with Crippen molar-refractivity contribution in [3.8, 4) is 0 Å². The summed E-state index contributed by atoms with van der Waals surface area (Å²) in [4.78, 5) is 17.1. The zero-order chi connectivity index (χ0) is 14.7. The summed E-state index contributed by atoms with van der Waals surface area (Å²) in [5.74, 6) is 0.0729. The van der Waals surface area contributed by atoms with Crippen LogP contribution in [0.4, 0.5) is 0 Å². The minimum absolute atomic E-state index is 0.0729. The van der Waals surface area contributed by atoms with Crippen molar-refractivity contribution in [3.05, 3.63) is 53.4 Å². The molecule has 0 radical (unpaired) electrons. The van der Waals surface area contributed by atoms with Crippen molar-refractivity contribution in [2.24, 2.45) is 7.05 Å². The van der Waals surface area contributed by atoms with Gasteiger partial charge in [0.05, 0.1) is 12.7 Å². The molecule has 2 heterocycles. The third-order valence-corrected chi connectivity index (χ3v) is 4.55. The number of carbonyl (C=O) groups excluding carboxylic acids is 1. The van der Waals surface area contributed by atoms with Crippen LogP contribution in [-0.2, 0) is 24.7 Å². The summed E-state index contributed by atoms with van der Waals surface area (Å²) in [5.41, 5.74) is 1.12. The number of benzene rings is 1. The van der Waals surface area contributed by atoms with Crippen LogP contribution >= 0.6 is 11.3 Å². The summed E-state index contributed by atoms with van der Waals surface area (Å²) in [6.07, 6.45) is 4.85. The molecule has 0 spiro atoms. The Hall–Kier alpha value is -2.14. The van der Waals surface area contributed by atoms with Gasteiger partial charge in [-0.05, 0) is 17.5 Å². The van der Waals surface area contributed by atoms with Gasteiger partial charge in [0, 0.05) is 41.5 Å². The van der Waals surface area contributed by atoms with Crippen LogP contribution in [0.15, 0.2) is 42.9 Å². The van der Waals surface area contributed by atoms with Crippen LogP contribution in [0.5, 0.6) is 0 Å². The smallest absolute Gasteiger partial charge is 0.225 e. The molecule has 2 aromatic heterocycles. The van der Waals surface area contributed by atoms with Gasteiger partial charge in [0.15, 0.2) is 0 Å². The van der Waals surface area contributed by atoms with E-state index < -0.39 is 0 Å². The van der Waals surface area contributed by atoms with Gasteiger partial charge in [-0.25, -0.2) is 4.98 Å². The van der Waals surface area contributed by atoms with E-state index in [-0.39, 0.29) is 5.91 Å². The number of carbonyl (C=O) groups is 1. The fourth-order valence-electron chi connectivity index (χ4n) is 2.30. The number of aromatic nitrogens is 2. The number of nitrogens with one attached hydrogen (secondary N) is 1. The summed E-state index contributed by atoms with van der Waals surface area (Å²) >= 11 is 1.68. The third-order valence-electron chi connectivity index (χ3n) is 3.43. The number of fused-ring (bicyclic) bond motifs is 1. The number of imidazole rings is 1. The van der Waals surface area contributed by atoms with Gasteiger partial charge in [-0.2, -0.15) is 0 Å². The summed E-state index contributed by atoms with van der Waals surface area (Å²) in [6, 6.07) is 10.3. The number of nitrogens with zero attached hydrogens (tertiary/aromatic N) is 2. The molecule has 0 unspecified atom stereocenters. The van der Waals surface area contributed by atoms with E-state index in [2.05, 4.69) is 28.5 Å². The molecule has 0 aliphatic carbocycles. The molecular formula is C16H17N3OS. The van der Waals surface area contributed by atoms with Crippen molar-refractivity contribution in [2.45, 2.75) is 12.8 Å². The molecule has 0 fully saturated rings. The highest BCUT2D eigenvalue weighted by molar-refractivity contribution is 7.19. The van der Waals surface area contributed by atoms with E-state index in [1.807, 2.05) is 29.9 Å². The van der Waals surface area contributed by atoms with Gasteiger partial charge in [-0.15, -0.1) is 11.3 Å². The summed E-state index contributed by atoms with van der Waals surface area (Å²) in [5, 5.41) is 4.18. The maximum absolute atomic E-state index is 12.0. The first-order chi connectivity index (χ1) is 10.2. The van der Waals surface area contributed by atoms with Crippen molar-refractivity contribution >= 4 is 27.3 Å². The molecule has 1 aromatic carbocycles. The van der Waals surface area contributed by atoms with Crippen LogP contribution < -0.4 is 5.32 Å². The molecular weight excluding hydrogens is 282 g/mol. The largest absolute Gasteiger partial charge is 0.355 e. The number of hydrogen-bond acceptors (Lipinski definition) is 3. The van der Waals surface area contributed by atoms with Crippen molar-refractivity contribution in [1.29, 1.82) is 0 Å². The zero-order valence-electron chi connectivity index (χ0n) is 11.9. The van der Waals surface area contributed by atoms with Crippen LogP contribution in [0.2, 0.25) is 0 Å². The molecule has 0 bridgehead atoms. The second-order valence-corrected chi connectivity index (χ2v) is 6.19. The van der Waals surface area contributed by atoms with E-state index >= 15 is 0 Å². The van der Waals surface area contributed by atoms with E-state index in [4.69, 9.17) is 0 Å². The predicted molar refractivity (Wildman–Crippen MR) is 85.5 cm³/mol. The first kappa shape index (κ1) is 13.8. The molecule has 0 aliphatic rings. The van der Waals surface area contributed by atoms with Crippen LogP contribution in [0.3, 0.4) is 0 Å². The van der Waals surface area contributed by atoms with E-state index in [1.54, 1.807) is 17.7 Å². The Bertz CT molecular complexity index is 727. The highest BCUT2D eigenvalue weighted by atomic mass is 32.1. The lowest BCUT2D eigenvalue weighted by Gasteiger charge is -2.04. The molecule has 0 atom stereocenters. The Morgan fingerprint density at radius 1 is 1.38 bits per heavy atom. The van der Waals surface area contributed by atoms with Crippen molar-refractivity contribution in [1.82, 2.24) is 14.9 Å². The zero-order valence-corrected chi connectivity index (χ0v) is 12.7. The Labute approximate surface area is 127 Å². The molecule has 0 saturated carbocycles. The van der Waals surface area contributed by atoms with Gasteiger partial charge in [-0.1, -0.05) is 18.2 Å². The average molecular weight is 299 g/mol. The summed E-state index contributed by atoms with van der Waals surface area (Å²) in [6.45, 7) is 0.642. The molecule has 0 saturated heterocycles. The molecule has 1 amide bonds. The fraction of sp³-hybridized carbons (Fsp3) is 0.250. The number of aryl methyl sites for hydroxylation is 1. The molecule has 108 valence electrons. The van der Waals surface area contributed by atoms with Crippen LogP contribution in [0, 0.1) is 0 Å². The number of hydrogen-bond donors (Lipinski definition) is 1. The average Bonchev–Trinajstić information content (AvgIpc) is 3.04. The second kappa shape index (κ2) is 6.10. The normalized spacial score (nSPS) is 10.9. The van der Waals surface area contributed by atoms with E-state index in [0.717, 1.165) is 17.0 Å². The summed E-state index contributed by atoms with van der Waals surface area (Å²) < 4.78 is 3.20. The van der Waals surface area contributed by atoms with Gasteiger partial charge < -0.3 is 9.88 Å². The fourth-order valence-corrected chi connectivity index (χ4v) is 3.36. The molecule has 21 heavy (non-hydrogen) atoms. The molecule has 5 heteroatoms. The lowest BCUT2D eigenvalue weighted by molar-refractivity contribution is -0.120. The molecule has 4 nitrogen and oxygen atoms in total. The standard InChI is InChI=1S/C16H17N3OS/c1-19-11-17-10-13(19)6-7-18-16(20)9-14-8-12-4-2-3-5-15(12)21-14/h2-5,8,10-11H,6-7,9H2,1H3,(H,18,20). The molecule has 3 rings (SSSR count). The minimum atomic E-state index is 0.0729. The van der Waals surface area contributed by atoms with Gasteiger partial charge >= 0.3 is 0 Å². The highest BCUT2D eigenvalue weighted by Crippen LogP contribution is 2.25. The first-order valence-electron chi connectivity index (χ1n) is 6.92. The monoisotopic (exact) mass is 299 g/mol. The van der Waals surface area contributed by atoms with E-state index in [0.29, 0.717) is 13.0 Å².